The number of hydrogen-bond acceptors (Lipinski definition) is 4. The number of benzene rings is 1. The Morgan fingerprint density at radius 3 is 2.67 bits per heavy atom. The number of nitrogen functional groups attached to an aromatic ring is 1. The molecule has 1 heterocycles. The summed E-state index contributed by atoms with van der Waals surface area (Å²) in [6.07, 6.45) is 1.31. The van der Waals surface area contributed by atoms with Crippen LogP contribution >= 0.6 is 27.5 Å². The molecule has 0 saturated heterocycles. The maximum absolute atomic E-state index is 11.0. The summed E-state index contributed by atoms with van der Waals surface area (Å²) in [7, 11) is 0. The Kier molecular flexibility index (Phi) is 3.49. The number of nitrogens with zero attached hydrogens (tertiary/aromatic N) is 2. The molecule has 2 rings (SSSR count). The lowest BCUT2D eigenvalue weighted by molar-refractivity contribution is 0.100. The molecule has 0 aliphatic carbocycles. The summed E-state index contributed by atoms with van der Waals surface area (Å²) in [5.41, 5.74) is 11.6. The molecule has 0 radical (unpaired) electrons. The second-order valence-corrected chi connectivity index (χ2v) is 4.75. The van der Waals surface area contributed by atoms with Gasteiger partial charge in [-0.05, 0) is 34.1 Å². The predicted octanol–water partition coefficient (Wildman–Crippen LogP) is 2.24. The number of aromatic nitrogens is 2. The monoisotopic (exact) mass is 326 g/mol. The topological polar surface area (TPSA) is 94.9 Å². The number of rotatable bonds is 2. The Labute approximate surface area is 116 Å². The van der Waals surface area contributed by atoms with Crippen molar-refractivity contribution in [3.05, 3.63) is 39.5 Å². The Morgan fingerprint density at radius 1 is 1.39 bits per heavy atom. The molecular formula is C11H8BrClN4O. The minimum absolute atomic E-state index is 0.0542. The molecule has 7 heteroatoms. The van der Waals surface area contributed by atoms with Crippen molar-refractivity contribution in [2.75, 3.05) is 5.73 Å². The van der Waals surface area contributed by atoms with E-state index in [1.54, 1.807) is 18.2 Å². The van der Waals surface area contributed by atoms with Gasteiger partial charge in [0.2, 0.25) is 0 Å². The average Bonchev–Trinajstić information content (AvgIpc) is 2.32. The van der Waals surface area contributed by atoms with Crippen LogP contribution in [0.1, 0.15) is 10.4 Å². The summed E-state index contributed by atoms with van der Waals surface area (Å²) < 4.78 is 0.725. The van der Waals surface area contributed by atoms with E-state index in [1.807, 2.05) is 0 Å². The minimum Gasteiger partial charge on any atom is -0.383 e. The number of hydrogen-bond donors (Lipinski definition) is 2. The number of primary amides is 1. The van der Waals surface area contributed by atoms with Gasteiger partial charge in [0.15, 0.2) is 5.82 Å². The van der Waals surface area contributed by atoms with Gasteiger partial charge in [0.25, 0.3) is 5.91 Å². The highest BCUT2D eigenvalue weighted by Gasteiger charge is 2.11. The van der Waals surface area contributed by atoms with E-state index in [0.717, 1.165) is 10.0 Å². The van der Waals surface area contributed by atoms with Gasteiger partial charge in [0.1, 0.15) is 5.82 Å². The van der Waals surface area contributed by atoms with Crippen LogP contribution in [0.4, 0.5) is 5.82 Å². The van der Waals surface area contributed by atoms with Gasteiger partial charge in [0, 0.05) is 16.2 Å². The van der Waals surface area contributed by atoms with Crippen LogP contribution < -0.4 is 11.5 Å². The lowest BCUT2D eigenvalue weighted by Crippen LogP contribution is -2.15. The fourth-order valence-electron chi connectivity index (χ4n) is 1.36. The van der Waals surface area contributed by atoms with Crippen molar-refractivity contribution in [1.82, 2.24) is 9.97 Å². The summed E-state index contributed by atoms with van der Waals surface area (Å²) >= 11 is 9.20. The first kappa shape index (κ1) is 12.8. The van der Waals surface area contributed by atoms with Crippen LogP contribution in [0.15, 0.2) is 28.9 Å². The average molecular weight is 328 g/mol. The zero-order valence-corrected chi connectivity index (χ0v) is 11.4. The van der Waals surface area contributed by atoms with Gasteiger partial charge in [-0.25, -0.2) is 9.97 Å². The van der Waals surface area contributed by atoms with Crippen LogP contribution in [-0.4, -0.2) is 15.9 Å². The molecule has 1 aromatic heterocycles. The summed E-state index contributed by atoms with van der Waals surface area (Å²) in [4.78, 5) is 19.1. The van der Waals surface area contributed by atoms with Gasteiger partial charge in [-0.1, -0.05) is 11.6 Å². The summed E-state index contributed by atoms with van der Waals surface area (Å²) in [6.45, 7) is 0. The molecule has 2 aromatic rings. The minimum atomic E-state index is -0.656. The van der Waals surface area contributed by atoms with E-state index in [2.05, 4.69) is 25.9 Å². The second kappa shape index (κ2) is 4.91. The van der Waals surface area contributed by atoms with E-state index >= 15 is 0 Å². The van der Waals surface area contributed by atoms with Crippen LogP contribution in [-0.2, 0) is 0 Å². The van der Waals surface area contributed by atoms with E-state index in [9.17, 15) is 4.79 Å². The van der Waals surface area contributed by atoms with Crippen molar-refractivity contribution in [2.45, 2.75) is 0 Å². The molecule has 18 heavy (non-hydrogen) atoms. The van der Waals surface area contributed by atoms with Crippen molar-refractivity contribution in [3.63, 3.8) is 0 Å². The highest BCUT2D eigenvalue weighted by atomic mass is 79.9. The third-order valence-corrected chi connectivity index (χ3v) is 3.48. The number of halogens is 2. The van der Waals surface area contributed by atoms with Crippen LogP contribution in [0.2, 0.25) is 5.02 Å². The number of carbonyl (C=O) groups excluding carboxylic acids is 1. The summed E-state index contributed by atoms with van der Waals surface area (Å²) in [5.74, 6) is -0.204. The van der Waals surface area contributed by atoms with Crippen molar-refractivity contribution in [2.24, 2.45) is 5.73 Å². The van der Waals surface area contributed by atoms with Crippen LogP contribution in [0, 0.1) is 0 Å². The summed E-state index contributed by atoms with van der Waals surface area (Å²) in [5, 5.41) is 0.584. The Hall–Kier alpha value is -1.66. The first-order valence-corrected chi connectivity index (χ1v) is 6.04. The molecule has 0 aliphatic rings. The Bertz CT molecular complexity index is 632. The van der Waals surface area contributed by atoms with Crippen molar-refractivity contribution >= 4 is 39.3 Å². The third kappa shape index (κ3) is 2.44. The lowest BCUT2D eigenvalue weighted by Gasteiger charge is -2.05. The van der Waals surface area contributed by atoms with E-state index < -0.39 is 5.91 Å². The fourth-order valence-corrected chi connectivity index (χ4v) is 1.86. The van der Waals surface area contributed by atoms with Gasteiger partial charge in [-0.15, -0.1) is 0 Å². The maximum atomic E-state index is 11.0. The zero-order valence-electron chi connectivity index (χ0n) is 9.02. The van der Waals surface area contributed by atoms with E-state index in [0.29, 0.717) is 10.8 Å². The number of amides is 1. The Balaban J connectivity index is 2.48. The van der Waals surface area contributed by atoms with Crippen LogP contribution in [0.5, 0.6) is 0 Å². The largest absolute Gasteiger partial charge is 0.383 e. The van der Waals surface area contributed by atoms with Crippen molar-refractivity contribution < 1.29 is 4.79 Å². The van der Waals surface area contributed by atoms with E-state index in [4.69, 9.17) is 23.1 Å². The van der Waals surface area contributed by atoms with Gasteiger partial charge in [-0.3, -0.25) is 4.79 Å². The molecule has 0 atom stereocenters. The van der Waals surface area contributed by atoms with Gasteiger partial charge >= 0.3 is 0 Å². The highest BCUT2D eigenvalue weighted by molar-refractivity contribution is 9.10. The quantitative estimate of drug-likeness (QED) is 0.884. The van der Waals surface area contributed by atoms with Gasteiger partial charge in [0.05, 0.1) is 10.6 Å². The first-order valence-electron chi connectivity index (χ1n) is 4.87. The maximum Gasteiger partial charge on any atom is 0.254 e. The molecule has 92 valence electrons. The molecule has 4 N–H and O–H groups in total. The first-order chi connectivity index (χ1) is 8.49. The smallest absolute Gasteiger partial charge is 0.254 e. The molecule has 0 unspecified atom stereocenters. The molecule has 0 bridgehead atoms. The molecular weight excluding hydrogens is 320 g/mol. The van der Waals surface area contributed by atoms with E-state index in [1.165, 1.54) is 6.20 Å². The molecule has 0 aliphatic heterocycles. The number of anilines is 1. The van der Waals surface area contributed by atoms with Crippen molar-refractivity contribution in [1.29, 1.82) is 0 Å². The van der Waals surface area contributed by atoms with Crippen LogP contribution in [0.3, 0.4) is 0 Å². The molecule has 0 fully saturated rings. The lowest BCUT2D eigenvalue weighted by atomic mass is 10.2. The molecule has 1 amide bonds. The molecule has 1 aromatic carbocycles. The van der Waals surface area contributed by atoms with Crippen molar-refractivity contribution in [3.8, 4) is 11.4 Å². The van der Waals surface area contributed by atoms with Crippen LogP contribution in [0.25, 0.3) is 11.4 Å². The normalized spacial score (nSPS) is 10.3. The fraction of sp³-hybridized carbons (Fsp3) is 0. The second-order valence-electron chi connectivity index (χ2n) is 3.49. The van der Waals surface area contributed by atoms with Gasteiger partial charge in [-0.2, -0.15) is 0 Å². The molecule has 0 spiro atoms. The SMILES string of the molecule is NC(=O)c1cnc(-c2ccc(Cl)c(Br)c2)nc1N. The Morgan fingerprint density at radius 2 is 2.11 bits per heavy atom. The number of nitrogens with two attached hydrogens (primary N) is 2. The predicted molar refractivity (Wildman–Crippen MR) is 73.1 cm³/mol. The summed E-state index contributed by atoms with van der Waals surface area (Å²) in [6, 6.07) is 5.23. The number of carbonyl (C=O) groups is 1. The van der Waals surface area contributed by atoms with Gasteiger partial charge < -0.3 is 11.5 Å². The molecule has 0 saturated carbocycles. The standard InChI is InChI=1S/C11H8BrClN4O/c12-7-3-5(1-2-8(7)13)11-16-4-6(10(15)18)9(14)17-11/h1-4H,(H2,15,18)(H2,14,16,17). The zero-order chi connectivity index (χ0) is 13.3. The van der Waals surface area contributed by atoms with E-state index in [-0.39, 0.29) is 11.4 Å². The highest BCUT2D eigenvalue weighted by Crippen LogP contribution is 2.27. The molecule has 5 nitrogen and oxygen atoms in total. The third-order valence-electron chi connectivity index (χ3n) is 2.26.